The van der Waals surface area contributed by atoms with E-state index >= 15 is 0 Å². The lowest BCUT2D eigenvalue weighted by molar-refractivity contribution is -0.151. The van der Waals surface area contributed by atoms with Crippen LogP contribution in [0.1, 0.15) is 49.1 Å². The lowest BCUT2D eigenvalue weighted by Crippen LogP contribution is -2.56. The molecule has 0 saturated carbocycles. The number of carboxylic acid groups (broad SMARTS) is 1. The maximum Gasteiger partial charge on any atom is 0.416 e. The Balaban J connectivity index is 1.31. The maximum atomic E-state index is 14.6. The molecule has 3 heterocycles. The van der Waals surface area contributed by atoms with Crippen molar-refractivity contribution in [3.05, 3.63) is 135 Å². The van der Waals surface area contributed by atoms with Crippen molar-refractivity contribution in [1.82, 2.24) is 19.4 Å². The maximum absolute atomic E-state index is 14.6. The molecule has 5 aromatic rings. The average Bonchev–Trinajstić information content (AvgIpc) is 3.15. The summed E-state index contributed by atoms with van der Waals surface area (Å²) in [7, 11) is 0. The van der Waals surface area contributed by atoms with Gasteiger partial charge in [-0.15, -0.1) is 0 Å². The second kappa shape index (κ2) is 15.5. The number of aryl methyl sites for hydroxylation is 2. The molecule has 8 nitrogen and oxygen atoms in total. The molecule has 1 N–H and O–H groups in total. The summed E-state index contributed by atoms with van der Waals surface area (Å²) in [6.07, 6.45) is -1.79. The summed E-state index contributed by atoms with van der Waals surface area (Å²) in [4.78, 5) is 47.8. The fraction of sp³-hybridized carbons (Fsp3) is 0.317. The largest absolute Gasteiger partial charge is 0.480 e. The van der Waals surface area contributed by atoms with Gasteiger partial charge < -0.3 is 14.6 Å². The minimum Gasteiger partial charge on any atom is -0.480 e. The predicted octanol–water partition coefficient (Wildman–Crippen LogP) is 7.50. The molecule has 0 atom stereocenters. The number of aliphatic carboxylic acids is 1. The molecule has 0 aliphatic carbocycles. The number of halogens is 5. The topological polar surface area (TPSA) is 95.7 Å². The van der Waals surface area contributed by atoms with Crippen LogP contribution in [0.4, 0.5) is 22.0 Å². The SMILES string of the molecule is CC(C)(C(=O)O)N1CCC(N(Cc2ccc(-c3ccc(C(F)(F)F)cc3)cc2)C(=O)Cn2c(CCc3cccc(F)c3F)cc(=O)c3cccnc32)CC1. The van der Waals surface area contributed by atoms with E-state index in [2.05, 4.69) is 4.98 Å². The molecule has 1 amide bonds. The van der Waals surface area contributed by atoms with Gasteiger partial charge in [-0.25, -0.2) is 13.8 Å². The number of likely N-dealkylation sites (tertiary alicyclic amines) is 1. The van der Waals surface area contributed by atoms with Crippen LogP contribution >= 0.6 is 0 Å². The lowest BCUT2D eigenvalue weighted by Gasteiger charge is -2.43. The molecular formula is C41H39F5N4O4. The van der Waals surface area contributed by atoms with E-state index in [0.29, 0.717) is 48.1 Å². The number of hydrogen-bond donors (Lipinski definition) is 1. The van der Waals surface area contributed by atoms with Crippen LogP contribution in [-0.4, -0.2) is 61.0 Å². The van der Waals surface area contributed by atoms with Crippen LogP contribution in [0.15, 0.2) is 95.9 Å². The van der Waals surface area contributed by atoms with Crippen LogP contribution < -0.4 is 5.43 Å². The lowest BCUT2D eigenvalue weighted by atomic mass is 9.95. The third-order valence-corrected chi connectivity index (χ3v) is 10.3. The first-order chi connectivity index (χ1) is 25.6. The van der Waals surface area contributed by atoms with Crippen LogP contribution in [-0.2, 0) is 41.7 Å². The Bertz CT molecular complexity index is 2210. The van der Waals surface area contributed by atoms with Gasteiger partial charge in [0, 0.05) is 43.6 Å². The minimum atomic E-state index is -4.45. The molecule has 1 aliphatic rings. The third-order valence-electron chi connectivity index (χ3n) is 10.3. The Morgan fingerprint density at radius 3 is 2.17 bits per heavy atom. The highest BCUT2D eigenvalue weighted by Crippen LogP contribution is 2.32. The molecule has 13 heteroatoms. The standard InChI is InChI=1S/C41H39F5N4O4/c1-40(2,39(53)54)48-21-18-31(19-22-48)49(24-26-8-10-27(11-9-26)28-12-15-30(16-13-28)41(44,45)46)36(52)25-50-32(17-14-29-5-3-7-34(42)37(29)43)23-35(51)33-6-4-20-47-38(33)50/h3-13,15-16,20,23,31H,14,17-19,21-22,24-25H2,1-2H3,(H,53,54). The smallest absolute Gasteiger partial charge is 0.416 e. The summed E-state index contributed by atoms with van der Waals surface area (Å²) >= 11 is 0. The zero-order chi connectivity index (χ0) is 38.8. The van der Waals surface area contributed by atoms with E-state index < -0.39 is 34.9 Å². The van der Waals surface area contributed by atoms with Crippen molar-refractivity contribution in [3.8, 4) is 11.1 Å². The van der Waals surface area contributed by atoms with Gasteiger partial charge in [0.1, 0.15) is 17.7 Å². The van der Waals surface area contributed by atoms with Gasteiger partial charge in [0.15, 0.2) is 17.1 Å². The van der Waals surface area contributed by atoms with Gasteiger partial charge in [0.2, 0.25) is 5.91 Å². The van der Waals surface area contributed by atoms with Crippen LogP contribution in [0.3, 0.4) is 0 Å². The number of nitrogens with zero attached hydrogens (tertiary/aromatic N) is 4. The molecule has 0 radical (unpaired) electrons. The highest BCUT2D eigenvalue weighted by Gasteiger charge is 2.38. The average molecular weight is 747 g/mol. The quantitative estimate of drug-likeness (QED) is 0.141. The number of aromatic nitrogens is 2. The second-order valence-corrected chi connectivity index (χ2v) is 14.0. The molecule has 6 rings (SSSR count). The van der Waals surface area contributed by atoms with Crippen LogP contribution in [0.25, 0.3) is 22.2 Å². The van der Waals surface area contributed by atoms with Crippen LogP contribution in [0, 0.1) is 11.6 Å². The van der Waals surface area contributed by atoms with E-state index in [1.54, 1.807) is 47.6 Å². The molecule has 54 heavy (non-hydrogen) atoms. The van der Waals surface area contributed by atoms with Crippen LogP contribution in [0.2, 0.25) is 0 Å². The highest BCUT2D eigenvalue weighted by atomic mass is 19.4. The Labute approximate surface area is 308 Å². The first-order valence-corrected chi connectivity index (χ1v) is 17.6. The Morgan fingerprint density at radius 2 is 1.54 bits per heavy atom. The van der Waals surface area contributed by atoms with Crippen molar-refractivity contribution < 1.29 is 36.6 Å². The molecule has 0 unspecified atom stereocenters. The number of pyridine rings is 2. The summed E-state index contributed by atoms with van der Waals surface area (Å²) in [6.45, 7) is 4.08. The van der Waals surface area contributed by atoms with Gasteiger partial charge in [-0.3, -0.25) is 19.3 Å². The van der Waals surface area contributed by atoms with Crippen molar-refractivity contribution in [1.29, 1.82) is 0 Å². The number of alkyl halides is 3. The van der Waals surface area contributed by atoms with Crippen molar-refractivity contribution in [2.24, 2.45) is 0 Å². The molecule has 1 saturated heterocycles. The van der Waals surface area contributed by atoms with Gasteiger partial charge in [-0.1, -0.05) is 48.5 Å². The molecule has 1 fully saturated rings. The molecule has 282 valence electrons. The first-order valence-electron chi connectivity index (χ1n) is 17.6. The summed E-state index contributed by atoms with van der Waals surface area (Å²) in [5.74, 6) is -3.22. The number of fused-ring (bicyclic) bond motifs is 1. The third kappa shape index (κ3) is 8.20. The van der Waals surface area contributed by atoms with E-state index in [9.17, 15) is 41.4 Å². The Hall–Kier alpha value is -5.43. The van der Waals surface area contributed by atoms with E-state index in [0.717, 1.165) is 23.8 Å². The Morgan fingerprint density at radius 1 is 0.889 bits per heavy atom. The van der Waals surface area contributed by atoms with Gasteiger partial charge in [-0.05, 0) is 92.1 Å². The number of carboxylic acids is 1. The molecule has 2 aromatic heterocycles. The van der Waals surface area contributed by atoms with E-state index in [1.165, 1.54) is 36.5 Å². The summed E-state index contributed by atoms with van der Waals surface area (Å²) < 4.78 is 69.6. The number of carbonyl (C=O) groups is 2. The van der Waals surface area contributed by atoms with E-state index in [1.807, 2.05) is 17.0 Å². The van der Waals surface area contributed by atoms with Crippen LogP contribution in [0.5, 0.6) is 0 Å². The number of carbonyl (C=O) groups excluding carboxylic acids is 1. The second-order valence-electron chi connectivity index (χ2n) is 14.0. The highest BCUT2D eigenvalue weighted by molar-refractivity contribution is 5.81. The summed E-state index contributed by atoms with van der Waals surface area (Å²) in [6, 6.07) is 20.3. The minimum absolute atomic E-state index is 0.0579. The monoisotopic (exact) mass is 746 g/mol. The summed E-state index contributed by atoms with van der Waals surface area (Å²) in [5.41, 5.74) is 0.688. The van der Waals surface area contributed by atoms with Gasteiger partial charge in [0.05, 0.1) is 10.9 Å². The van der Waals surface area contributed by atoms with Gasteiger partial charge in [0.25, 0.3) is 0 Å². The molecule has 0 spiro atoms. The normalized spacial score (nSPS) is 14.4. The first kappa shape index (κ1) is 38.3. The molecule has 3 aromatic carbocycles. The fourth-order valence-corrected chi connectivity index (χ4v) is 7.01. The predicted molar refractivity (Wildman–Crippen MR) is 194 cm³/mol. The number of amides is 1. The van der Waals surface area contributed by atoms with Crippen molar-refractivity contribution >= 4 is 22.9 Å². The zero-order valence-electron chi connectivity index (χ0n) is 29.7. The number of benzene rings is 3. The van der Waals surface area contributed by atoms with Crippen molar-refractivity contribution in [3.63, 3.8) is 0 Å². The van der Waals surface area contributed by atoms with E-state index in [4.69, 9.17) is 0 Å². The summed E-state index contributed by atoms with van der Waals surface area (Å²) in [5, 5.41) is 10.1. The number of rotatable bonds is 11. The molecule has 0 bridgehead atoms. The number of piperidine rings is 1. The zero-order valence-corrected chi connectivity index (χ0v) is 29.7. The van der Waals surface area contributed by atoms with Gasteiger partial charge in [-0.2, -0.15) is 13.2 Å². The van der Waals surface area contributed by atoms with Crippen molar-refractivity contribution in [2.45, 2.75) is 70.4 Å². The molecule has 1 aliphatic heterocycles. The fourth-order valence-electron chi connectivity index (χ4n) is 7.01. The van der Waals surface area contributed by atoms with Gasteiger partial charge >= 0.3 is 12.1 Å². The number of hydrogen-bond acceptors (Lipinski definition) is 5. The van der Waals surface area contributed by atoms with E-state index in [-0.39, 0.29) is 54.5 Å². The Kier molecular flexibility index (Phi) is 11.0. The molecular weight excluding hydrogens is 707 g/mol. The van der Waals surface area contributed by atoms with Crippen molar-refractivity contribution in [2.75, 3.05) is 13.1 Å².